The zero-order chi connectivity index (χ0) is 19.2. The minimum atomic E-state index is -0.273. The van der Waals surface area contributed by atoms with Crippen LogP contribution in [0.25, 0.3) is 11.6 Å². The standard InChI is InChI=1S/C22H14BrClFNO/c23-21-12-16(11-18(13-26)17-4-6-19(24)7-5-17)3-10-22(21)27-14-15-1-8-20(25)9-2-15/h1-12H,14H2/b18-11-. The lowest BCUT2D eigenvalue weighted by atomic mass is 10.0. The summed E-state index contributed by atoms with van der Waals surface area (Å²) in [5.74, 6) is 0.395. The Morgan fingerprint density at radius 2 is 1.78 bits per heavy atom. The van der Waals surface area contributed by atoms with Gasteiger partial charge in [0.2, 0.25) is 0 Å². The molecule has 0 heterocycles. The Hall–Kier alpha value is -2.61. The highest BCUT2D eigenvalue weighted by Gasteiger charge is 2.05. The summed E-state index contributed by atoms with van der Waals surface area (Å²) in [5, 5.41) is 10.1. The summed E-state index contributed by atoms with van der Waals surface area (Å²) in [7, 11) is 0. The van der Waals surface area contributed by atoms with Crippen molar-refractivity contribution in [3.05, 3.63) is 98.7 Å². The van der Waals surface area contributed by atoms with Crippen molar-refractivity contribution in [2.75, 3.05) is 0 Å². The van der Waals surface area contributed by atoms with Crippen LogP contribution in [-0.4, -0.2) is 0 Å². The third-order valence-corrected chi connectivity index (χ3v) is 4.72. The van der Waals surface area contributed by atoms with Crippen LogP contribution in [0.5, 0.6) is 5.75 Å². The number of rotatable bonds is 5. The van der Waals surface area contributed by atoms with Crippen molar-refractivity contribution >= 4 is 39.2 Å². The molecule has 0 amide bonds. The van der Waals surface area contributed by atoms with Crippen molar-refractivity contribution in [2.45, 2.75) is 6.61 Å². The van der Waals surface area contributed by atoms with Crippen molar-refractivity contribution in [3.8, 4) is 11.8 Å². The van der Waals surface area contributed by atoms with Crippen LogP contribution < -0.4 is 4.74 Å². The molecule has 0 aliphatic carbocycles. The maximum atomic E-state index is 13.0. The van der Waals surface area contributed by atoms with Crippen molar-refractivity contribution in [1.82, 2.24) is 0 Å². The Morgan fingerprint density at radius 1 is 1.07 bits per heavy atom. The van der Waals surface area contributed by atoms with Crippen LogP contribution >= 0.6 is 27.5 Å². The van der Waals surface area contributed by atoms with Crippen LogP contribution in [0.2, 0.25) is 5.02 Å². The molecular weight excluding hydrogens is 429 g/mol. The minimum absolute atomic E-state index is 0.273. The topological polar surface area (TPSA) is 33.0 Å². The van der Waals surface area contributed by atoms with Gasteiger partial charge in [-0.15, -0.1) is 0 Å². The Balaban J connectivity index is 1.76. The highest BCUT2D eigenvalue weighted by Crippen LogP contribution is 2.29. The molecule has 0 unspecified atom stereocenters. The average Bonchev–Trinajstić information content (AvgIpc) is 2.67. The summed E-state index contributed by atoms with van der Waals surface area (Å²) in [6.45, 7) is 0.336. The number of ether oxygens (including phenoxy) is 1. The third kappa shape index (κ3) is 5.19. The molecule has 0 radical (unpaired) electrons. The Kier molecular flexibility index (Phi) is 6.28. The predicted octanol–water partition coefficient (Wildman–Crippen LogP) is 6.88. The van der Waals surface area contributed by atoms with Gasteiger partial charge in [-0.2, -0.15) is 5.26 Å². The van der Waals surface area contributed by atoms with Crippen LogP contribution in [0.3, 0.4) is 0 Å². The molecule has 0 fully saturated rings. The molecule has 0 aliphatic heterocycles. The number of benzene rings is 3. The van der Waals surface area contributed by atoms with Crippen LogP contribution in [0.15, 0.2) is 71.2 Å². The number of nitrogens with zero attached hydrogens (tertiary/aromatic N) is 1. The van der Waals surface area contributed by atoms with Gasteiger partial charge in [0, 0.05) is 5.02 Å². The van der Waals surface area contributed by atoms with Gasteiger partial charge in [-0.1, -0.05) is 41.9 Å². The van der Waals surface area contributed by atoms with E-state index < -0.39 is 0 Å². The summed E-state index contributed by atoms with van der Waals surface area (Å²) in [5.41, 5.74) is 3.08. The fourth-order valence-electron chi connectivity index (χ4n) is 2.44. The van der Waals surface area contributed by atoms with Crippen LogP contribution in [0, 0.1) is 17.1 Å². The first-order valence-corrected chi connectivity index (χ1v) is 9.27. The Bertz CT molecular complexity index is 1010. The second kappa shape index (κ2) is 8.85. The SMILES string of the molecule is N#C/C(=C/c1ccc(OCc2ccc(F)cc2)c(Br)c1)c1ccc(Cl)cc1. The molecule has 0 bridgehead atoms. The number of nitriles is 1. The zero-order valence-electron chi connectivity index (χ0n) is 14.1. The molecule has 27 heavy (non-hydrogen) atoms. The van der Waals surface area contributed by atoms with Gasteiger partial charge in [0.05, 0.1) is 16.1 Å². The highest BCUT2D eigenvalue weighted by atomic mass is 79.9. The van der Waals surface area contributed by atoms with Gasteiger partial charge in [-0.05, 0) is 75.1 Å². The first-order valence-electron chi connectivity index (χ1n) is 8.10. The second-order valence-electron chi connectivity index (χ2n) is 5.78. The molecule has 5 heteroatoms. The van der Waals surface area contributed by atoms with E-state index in [2.05, 4.69) is 22.0 Å². The van der Waals surface area contributed by atoms with Crippen molar-refractivity contribution < 1.29 is 9.13 Å². The molecule has 2 nitrogen and oxygen atoms in total. The molecule has 0 saturated heterocycles. The van der Waals surface area contributed by atoms with E-state index in [9.17, 15) is 9.65 Å². The monoisotopic (exact) mass is 441 g/mol. The fourth-order valence-corrected chi connectivity index (χ4v) is 3.08. The van der Waals surface area contributed by atoms with E-state index in [-0.39, 0.29) is 5.82 Å². The number of hydrogen-bond donors (Lipinski definition) is 0. The largest absolute Gasteiger partial charge is 0.488 e. The van der Waals surface area contributed by atoms with Gasteiger partial charge >= 0.3 is 0 Å². The van der Waals surface area contributed by atoms with E-state index in [0.29, 0.717) is 23.0 Å². The molecule has 0 atom stereocenters. The van der Waals surface area contributed by atoms with Crippen LogP contribution in [-0.2, 0) is 6.61 Å². The lowest BCUT2D eigenvalue weighted by Crippen LogP contribution is -1.96. The first-order chi connectivity index (χ1) is 13.0. The lowest BCUT2D eigenvalue weighted by molar-refractivity contribution is 0.304. The van der Waals surface area contributed by atoms with Gasteiger partial charge in [0.15, 0.2) is 0 Å². The maximum Gasteiger partial charge on any atom is 0.134 e. The van der Waals surface area contributed by atoms with Crippen LogP contribution in [0.4, 0.5) is 4.39 Å². The molecular formula is C22H14BrClFNO. The molecule has 3 aromatic carbocycles. The second-order valence-corrected chi connectivity index (χ2v) is 7.07. The highest BCUT2D eigenvalue weighted by molar-refractivity contribution is 9.10. The van der Waals surface area contributed by atoms with Gasteiger partial charge in [0.1, 0.15) is 18.2 Å². The lowest BCUT2D eigenvalue weighted by Gasteiger charge is -2.09. The average molecular weight is 443 g/mol. The van der Waals surface area contributed by atoms with Crippen LogP contribution in [0.1, 0.15) is 16.7 Å². The normalized spacial score (nSPS) is 11.1. The van der Waals surface area contributed by atoms with E-state index in [1.165, 1.54) is 12.1 Å². The quantitative estimate of drug-likeness (QED) is 0.318. The molecule has 0 aromatic heterocycles. The fraction of sp³-hybridized carbons (Fsp3) is 0.0455. The molecule has 0 saturated carbocycles. The number of hydrogen-bond acceptors (Lipinski definition) is 2. The molecule has 0 aliphatic rings. The Morgan fingerprint density at radius 3 is 2.41 bits per heavy atom. The van der Waals surface area contributed by atoms with Gasteiger partial charge < -0.3 is 4.74 Å². The van der Waals surface area contributed by atoms with E-state index in [1.807, 2.05) is 30.3 Å². The Labute approximate surface area is 170 Å². The minimum Gasteiger partial charge on any atom is -0.488 e. The summed E-state index contributed by atoms with van der Waals surface area (Å²) in [4.78, 5) is 0. The molecule has 3 aromatic rings. The van der Waals surface area contributed by atoms with E-state index in [1.54, 1.807) is 30.3 Å². The summed E-state index contributed by atoms with van der Waals surface area (Å²) in [6.07, 6.45) is 1.80. The summed E-state index contributed by atoms with van der Waals surface area (Å²) >= 11 is 9.39. The third-order valence-electron chi connectivity index (χ3n) is 3.85. The number of allylic oxidation sites excluding steroid dienone is 1. The van der Waals surface area contributed by atoms with Crippen molar-refractivity contribution in [3.63, 3.8) is 0 Å². The summed E-state index contributed by atoms with van der Waals surface area (Å²) in [6, 6.07) is 21.1. The zero-order valence-corrected chi connectivity index (χ0v) is 16.5. The molecule has 0 N–H and O–H groups in total. The first kappa shape index (κ1) is 19.2. The smallest absolute Gasteiger partial charge is 0.134 e. The van der Waals surface area contributed by atoms with E-state index >= 15 is 0 Å². The predicted molar refractivity (Wildman–Crippen MR) is 110 cm³/mol. The van der Waals surface area contributed by atoms with Crippen molar-refractivity contribution in [1.29, 1.82) is 5.26 Å². The molecule has 134 valence electrons. The van der Waals surface area contributed by atoms with Gasteiger partial charge in [-0.3, -0.25) is 0 Å². The van der Waals surface area contributed by atoms with E-state index in [4.69, 9.17) is 16.3 Å². The molecule has 0 spiro atoms. The van der Waals surface area contributed by atoms with E-state index in [0.717, 1.165) is 21.2 Å². The number of halogens is 3. The molecule has 3 rings (SSSR count). The van der Waals surface area contributed by atoms with Crippen molar-refractivity contribution in [2.24, 2.45) is 0 Å². The summed E-state index contributed by atoms with van der Waals surface area (Å²) < 4.78 is 19.5. The maximum absolute atomic E-state index is 13.0. The van der Waals surface area contributed by atoms with Gasteiger partial charge in [-0.25, -0.2) is 4.39 Å². The van der Waals surface area contributed by atoms with Gasteiger partial charge in [0.25, 0.3) is 0 Å².